The Labute approximate surface area is 288 Å². The van der Waals surface area contributed by atoms with E-state index < -0.39 is 0 Å². The van der Waals surface area contributed by atoms with E-state index in [1.807, 2.05) is 146 Å². The summed E-state index contributed by atoms with van der Waals surface area (Å²) in [5.74, 6) is -0.172. The third-order valence-corrected chi connectivity index (χ3v) is 7.34. The lowest BCUT2D eigenvalue weighted by Crippen LogP contribution is -2.16. The zero-order chi connectivity index (χ0) is 34.7. The van der Waals surface area contributed by atoms with Crippen LogP contribution in [0.3, 0.4) is 0 Å². The minimum absolute atomic E-state index is 0.0105. The molecule has 2 N–H and O–H groups in total. The number of nitrogens with one attached hydrogen (secondary N) is 2. The Morgan fingerprint density at radius 1 is 0.469 bits per heavy atom. The van der Waals surface area contributed by atoms with E-state index in [9.17, 15) is 19.2 Å². The summed E-state index contributed by atoms with van der Waals surface area (Å²) in [5, 5.41) is 5.81. The highest BCUT2D eigenvalue weighted by Gasteiger charge is 2.11. The fourth-order valence-electron chi connectivity index (χ4n) is 4.98. The minimum atomic E-state index is -0.0964. The summed E-state index contributed by atoms with van der Waals surface area (Å²) >= 11 is 0. The first-order chi connectivity index (χ1) is 23.9. The Kier molecular flexibility index (Phi) is 14.2. The predicted octanol–water partition coefficient (Wildman–Crippen LogP) is 8.25. The van der Waals surface area contributed by atoms with Gasteiger partial charge in [-0.05, 0) is 59.0 Å². The van der Waals surface area contributed by atoms with Crippen LogP contribution in [-0.2, 0) is 44.9 Å². The van der Waals surface area contributed by atoms with Crippen molar-refractivity contribution in [2.24, 2.45) is 0 Å². The molecule has 0 fully saturated rings. The third-order valence-electron chi connectivity index (χ3n) is 7.34. The molecule has 0 atom stereocenters. The van der Waals surface area contributed by atoms with Crippen LogP contribution < -0.4 is 10.6 Å². The van der Waals surface area contributed by atoms with Gasteiger partial charge in [0, 0.05) is 24.2 Å². The van der Waals surface area contributed by atoms with Crippen molar-refractivity contribution in [1.29, 1.82) is 0 Å². The first kappa shape index (κ1) is 35.7. The van der Waals surface area contributed by atoms with E-state index >= 15 is 0 Å². The van der Waals surface area contributed by atoms with Crippen molar-refractivity contribution in [1.82, 2.24) is 0 Å². The molecule has 0 aliphatic heterocycles. The molecule has 0 saturated heterocycles. The van der Waals surface area contributed by atoms with Crippen LogP contribution in [0.4, 0.5) is 11.4 Å². The van der Waals surface area contributed by atoms with Crippen molar-refractivity contribution in [3.8, 4) is 0 Å². The molecule has 5 aromatic carbocycles. The van der Waals surface area contributed by atoms with E-state index in [1.165, 1.54) is 0 Å². The molecule has 6 heteroatoms. The number of hydrogen-bond donors (Lipinski definition) is 2. The predicted molar refractivity (Wildman–Crippen MR) is 198 cm³/mol. The van der Waals surface area contributed by atoms with E-state index in [2.05, 4.69) is 10.6 Å². The Morgan fingerprint density at radius 3 is 1.31 bits per heavy atom. The molecule has 0 bridgehead atoms. The Balaban J connectivity index is 0.000000226. The van der Waals surface area contributed by atoms with Gasteiger partial charge in [0.05, 0.1) is 12.8 Å². The van der Waals surface area contributed by atoms with Gasteiger partial charge in [0.15, 0.2) is 11.6 Å². The highest BCUT2D eigenvalue weighted by atomic mass is 16.2. The van der Waals surface area contributed by atoms with Crippen LogP contribution >= 0.6 is 0 Å². The van der Waals surface area contributed by atoms with Gasteiger partial charge in [-0.2, -0.15) is 0 Å². The monoisotopic (exact) mass is 648 g/mol. The van der Waals surface area contributed by atoms with Gasteiger partial charge in [-0.3, -0.25) is 19.2 Å². The summed E-state index contributed by atoms with van der Waals surface area (Å²) in [5.41, 5.74) is 5.90. The summed E-state index contributed by atoms with van der Waals surface area (Å²) in [7, 11) is 0. The molecule has 5 rings (SSSR count). The lowest BCUT2D eigenvalue weighted by molar-refractivity contribution is -0.116. The zero-order valence-corrected chi connectivity index (χ0v) is 27.5. The summed E-state index contributed by atoms with van der Waals surface area (Å²) in [6.07, 6.45) is 7.80. The number of rotatable bonds is 13. The second-order valence-electron chi connectivity index (χ2n) is 11.3. The topological polar surface area (TPSA) is 92.3 Å². The number of hydrogen-bond acceptors (Lipinski definition) is 4. The van der Waals surface area contributed by atoms with Crippen LogP contribution in [-0.4, -0.2) is 23.4 Å². The number of amides is 2. The Morgan fingerprint density at radius 2 is 0.857 bits per heavy atom. The minimum Gasteiger partial charge on any atom is -0.326 e. The molecule has 0 aromatic heterocycles. The molecule has 0 heterocycles. The van der Waals surface area contributed by atoms with Crippen LogP contribution in [0.2, 0.25) is 0 Å². The van der Waals surface area contributed by atoms with Gasteiger partial charge in [-0.1, -0.05) is 140 Å². The molecule has 0 spiro atoms. The molecule has 0 saturated carbocycles. The van der Waals surface area contributed by atoms with Crippen LogP contribution in [0, 0.1) is 0 Å². The standard InChI is InChI=1S/C24H21NO2.C19H19NO2/c26-22(16-15-19-9-3-1-4-10-19)18-21-13-7-8-14-23(21)25-24(27)17-20-11-5-2-6-12-20;1-2-8-17(21)14-16-11-6-7-12-18(16)20-19(22)13-15-9-4-3-5-10-15/h1-16H,17-18H2,(H,25,27);2-12H,13-14H2,1H3,(H,20,22)/b16-15+;8-2+. The van der Waals surface area contributed by atoms with Gasteiger partial charge in [-0.25, -0.2) is 0 Å². The van der Waals surface area contributed by atoms with Crippen molar-refractivity contribution in [3.05, 3.63) is 186 Å². The van der Waals surface area contributed by atoms with Gasteiger partial charge in [0.25, 0.3) is 0 Å². The number of benzene rings is 5. The Hall–Kier alpha value is -6.14. The molecule has 2 amide bonds. The second kappa shape index (κ2) is 19.5. The van der Waals surface area contributed by atoms with Crippen molar-refractivity contribution < 1.29 is 19.2 Å². The summed E-state index contributed by atoms with van der Waals surface area (Å²) in [6.45, 7) is 1.81. The number of allylic oxidation sites excluding steroid dienone is 3. The molecule has 0 unspecified atom stereocenters. The number of para-hydroxylation sites is 2. The van der Waals surface area contributed by atoms with E-state index in [-0.39, 0.29) is 36.2 Å². The molecule has 49 heavy (non-hydrogen) atoms. The first-order valence-electron chi connectivity index (χ1n) is 16.1. The van der Waals surface area contributed by atoms with Gasteiger partial charge >= 0.3 is 0 Å². The van der Waals surface area contributed by atoms with Crippen LogP contribution in [0.5, 0.6) is 0 Å². The maximum absolute atomic E-state index is 12.3. The Bertz CT molecular complexity index is 1880. The van der Waals surface area contributed by atoms with Gasteiger partial charge in [-0.15, -0.1) is 0 Å². The summed E-state index contributed by atoms with van der Waals surface area (Å²) in [6, 6.07) is 43.7. The molecule has 6 nitrogen and oxygen atoms in total. The largest absolute Gasteiger partial charge is 0.326 e. The van der Waals surface area contributed by atoms with Gasteiger partial charge in [0.1, 0.15) is 0 Å². The van der Waals surface area contributed by atoms with Crippen molar-refractivity contribution in [2.45, 2.75) is 32.6 Å². The number of carbonyl (C=O) groups excluding carboxylic acids is 4. The highest BCUT2D eigenvalue weighted by molar-refractivity contribution is 5.98. The fourth-order valence-corrected chi connectivity index (χ4v) is 4.98. The van der Waals surface area contributed by atoms with Gasteiger partial charge in [0.2, 0.25) is 11.8 Å². The smallest absolute Gasteiger partial charge is 0.228 e. The normalized spacial score (nSPS) is 10.6. The molecular formula is C43H40N2O4. The van der Waals surface area contributed by atoms with Crippen molar-refractivity contribution >= 4 is 40.8 Å². The fraction of sp³-hybridized carbons (Fsp3) is 0.116. The van der Waals surface area contributed by atoms with E-state index in [0.717, 1.165) is 27.8 Å². The molecule has 0 aliphatic rings. The number of carbonyl (C=O) groups is 4. The van der Waals surface area contributed by atoms with Crippen molar-refractivity contribution in [3.63, 3.8) is 0 Å². The zero-order valence-electron chi connectivity index (χ0n) is 27.5. The van der Waals surface area contributed by atoms with Crippen LogP contribution in [0.15, 0.2) is 158 Å². The average molecular weight is 649 g/mol. The van der Waals surface area contributed by atoms with Gasteiger partial charge < -0.3 is 10.6 Å². The summed E-state index contributed by atoms with van der Waals surface area (Å²) in [4.78, 5) is 48.5. The molecule has 5 aromatic rings. The van der Waals surface area contributed by atoms with Crippen LogP contribution in [0.25, 0.3) is 6.08 Å². The quantitative estimate of drug-likeness (QED) is 0.126. The molecular weight excluding hydrogens is 608 g/mol. The van der Waals surface area contributed by atoms with E-state index in [1.54, 1.807) is 24.3 Å². The molecule has 0 aliphatic carbocycles. The average Bonchev–Trinajstić information content (AvgIpc) is 3.11. The van der Waals surface area contributed by atoms with E-state index in [4.69, 9.17) is 0 Å². The highest BCUT2D eigenvalue weighted by Crippen LogP contribution is 2.18. The lowest BCUT2D eigenvalue weighted by atomic mass is 10.1. The lowest BCUT2D eigenvalue weighted by Gasteiger charge is -2.10. The maximum Gasteiger partial charge on any atom is 0.228 e. The third kappa shape index (κ3) is 12.9. The second-order valence-corrected chi connectivity index (χ2v) is 11.3. The molecule has 246 valence electrons. The SMILES string of the molecule is C/C=C/C(=O)Cc1ccccc1NC(=O)Cc1ccccc1.O=C(/C=C/c1ccccc1)Cc1ccccc1NC(=O)Cc1ccccc1. The number of ketones is 2. The number of anilines is 2. The van der Waals surface area contributed by atoms with Crippen molar-refractivity contribution in [2.75, 3.05) is 10.6 Å². The first-order valence-corrected chi connectivity index (χ1v) is 16.1. The van der Waals surface area contributed by atoms with Crippen LogP contribution in [0.1, 0.15) is 34.7 Å². The molecule has 0 radical (unpaired) electrons. The maximum atomic E-state index is 12.3. The van der Waals surface area contributed by atoms with E-state index in [0.29, 0.717) is 24.2 Å². The summed E-state index contributed by atoms with van der Waals surface area (Å²) < 4.78 is 0.